The third kappa shape index (κ3) is 3.14. The lowest BCUT2D eigenvalue weighted by Gasteiger charge is -2.25. The summed E-state index contributed by atoms with van der Waals surface area (Å²) in [6.45, 7) is 7.46. The Balaban J connectivity index is 2.22. The van der Waals surface area contributed by atoms with Crippen LogP contribution in [0, 0.1) is 0 Å². The Hall–Kier alpha value is -1.82. The van der Waals surface area contributed by atoms with Crippen molar-refractivity contribution < 1.29 is 4.74 Å². The van der Waals surface area contributed by atoms with Gasteiger partial charge in [-0.25, -0.2) is 9.97 Å². The van der Waals surface area contributed by atoms with Crippen molar-refractivity contribution in [2.45, 2.75) is 26.4 Å². The Bertz CT molecular complexity index is 549. The lowest BCUT2D eigenvalue weighted by molar-refractivity contribution is 0.000659. The predicted molar refractivity (Wildman–Crippen MR) is 76.7 cm³/mol. The highest BCUT2D eigenvalue weighted by Crippen LogP contribution is 2.18. The summed E-state index contributed by atoms with van der Waals surface area (Å²) in [6, 6.07) is 0. The van der Waals surface area contributed by atoms with Gasteiger partial charge in [0.15, 0.2) is 11.5 Å². The zero-order valence-corrected chi connectivity index (χ0v) is 11.9. The fourth-order valence-corrected chi connectivity index (χ4v) is 1.91. The molecule has 0 atom stereocenters. The van der Waals surface area contributed by atoms with Crippen LogP contribution in [0.1, 0.15) is 20.8 Å². The summed E-state index contributed by atoms with van der Waals surface area (Å²) in [5.41, 5.74) is 0.571. The first-order valence-electron chi connectivity index (χ1n) is 6.45. The third-order valence-electron chi connectivity index (χ3n) is 2.85. The van der Waals surface area contributed by atoms with Gasteiger partial charge in [-0.2, -0.15) is 0 Å². The fourth-order valence-electron chi connectivity index (χ4n) is 1.91. The first kappa shape index (κ1) is 13.6. The molecule has 19 heavy (non-hydrogen) atoms. The number of nitrogens with one attached hydrogen (secondary N) is 2. The van der Waals surface area contributed by atoms with Gasteiger partial charge in [-0.15, -0.1) is 0 Å². The van der Waals surface area contributed by atoms with Crippen molar-refractivity contribution in [2.24, 2.45) is 0 Å². The van der Waals surface area contributed by atoms with Gasteiger partial charge < -0.3 is 19.8 Å². The van der Waals surface area contributed by atoms with E-state index < -0.39 is 0 Å². The van der Waals surface area contributed by atoms with E-state index in [2.05, 4.69) is 20.6 Å². The van der Waals surface area contributed by atoms with Crippen LogP contribution in [0.15, 0.2) is 18.6 Å². The summed E-state index contributed by atoms with van der Waals surface area (Å²) >= 11 is 0. The standard InChI is InChI=1S/C13H21N5O/c1-5-19-13(2,3)9-16-11-12-15-6-7-18(12)8-10(14-4)17-11/h6-8,14H,5,9H2,1-4H3,(H,16,17). The number of fused-ring (bicyclic) bond motifs is 1. The molecule has 0 amide bonds. The molecule has 0 aliphatic heterocycles. The molecule has 2 aromatic rings. The van der Waals surface area contributed by atoms with Crippen LogP contribution in [-0.4, -0.2) is 40.2 Å². The van der Waals surface area contributed by atoms with Crippen molar-refractivity contribution in [3.05, 3.63) is 18.6 Å². The van der Waals surface area contributed by atoms with Gasteiger partial charge in [0.05, 0.1) is 11.8 Å². The highest BCUT2D eigenvalue weighted by Gasteiger charge is 2.18. The maximum Gasteiger partial charge on any atom is 0.180 e. The average Bonchev–Trinajstić information content (AvgIpc) is 2.83. The van der Waals surface area contributed by atoms with Gasteiger partial charge in [0.2, 0.25) is 0 Å². The van der Waals surface area contributed by atoms with Crippen LogP contribution >= 0.6 is 0 Å². The molecule has 0 radical (unpaired) electrons. The van der Waals surface area contributed by atoms with Crippen LogP contribution in [-0.2, 0) is 4.74 Å². The van der Waals surface area contributed by atoms with Gasteiger partial charge >= 0.3 is 0 Å². The molecule has 2 aromatic heterocycles. The molecule has 0 saturated heterocycles. The normalized spacial score (nSPS) is 11.8. The molecule has 0 aliphatic rings. The van der Waals surface area contributed by atoms with Crippen LogP contribution in [0.2, 0.25) is 0 Å². The molecule has 0 bridgehead atoms. The summed E-state index contributed by atoms with van der Waals surface area (Å²) in [5.74, 6) is 1.55. The number of ether oxygens (including phenoxy) is 1. The van der Waals surface area contributed by atoms with E-state index in [0.717, 1.165) is 17.3 Å². The minimum absolute atomic E-state index is 0.240. The molecule has 104 valence electrons. The molecule has 0 fully saturated rings. The first-order valence-corrected chi connectivity index (χ1v) is 6.45. The predicted octanol–water partition coefficient (Wildman–Crippen LogP) is 2.00. The summed E-state index contributed by atoms with van der Waals surface area (Å²) in [7, 11) is 1.85. The van der Waals surface area contributed by atoms with Crippen molar-refractivity contribution in [3.8, 4) is 0 Å². The smallest absolute Gasteiger partial charge is 0.180 e. The molecule has 0 saturated carbocycles. The second-order valence-corrected chi connectivity index (χ2v) is 4.93. The van der Waals surface area contributed by atoms with Crippen LogP contribution in [0.4, 0.5) is 11.6 Å². The molecule has 0 aliphatic carbocycles. The zero-order valence-electron chi connectivity index (χ0n) is 11.9. The quantitative estimate of drug-likeness (QED) is 0.834. The largest absolute Gasteiger partial charge is 0.374 e. The number of aromatic nitrogens is 3. The number of hydrogen-bond acceptors (Lipinski definition) is 5. The van der Waals surface area contributed by atoms with Gasteiger partial charge in [0.25, 0.3) is 0 Å². The molecule has 6 heteroatoms. The number of imidazole rings is 1. The third-order valence-corrected chi connectivity index (χ3v) is 2.85. The second-order valence-electron chi connectivity index (χ2n) is 4.93. The first-order chi connectivity index (χ1) is 9.05. The molecule has 2 rings (SSSR count). The van der Waals surface area contributed by atoms with Gasteiger partial charge in [0, 0.05) is 32.6 Å². The minimum atomic E-state index is -0.240. The van der Waals surface area contributed by atoms with Gasteiger partial charge in [-0.1, -0.05) is 0 Å². The summed E-state index contributed by atoms with van der Waals surface area (Å²) < 4.78 is 7.61. The summed E-state index contributed by atoms with van der Waals surface area (Å²) in [6.07, 6.45) is 5.56. The van der Waals surface area contributed by atoms with Gasteiger partial charge in [0.1, 0.15) is 5.82 Å². The van der Waals surface area contributed by atoms with E-state index in [-0.39, 0.29) is 5.60 Å². The van der Waals surface area contributed by atoms with Crippen LogP contribution in [0.25, 0.3) is 5.65 Å². The van der Waals surface area contributed by atoms with Crippen LogP contribution < -0.4 is 10.6 Å². The number of hydrogen-bond donors (Lipinski definition) is 2. The molecular formula is C13H21N5O. The van der Waals surface area contributed by atoms with E-state index in [4.69, 9.17) is 4.74 Å². The Morgan fingerprint density at radius 2 is 2.21 bits per heavy atom. The molecule has 0 spiro atoms. The molecule has 0 aromatic carbocycles. The number of anilines is 2. The minimum Gasteiger partial charge on any atom is -0.374 e. The van der Waals surface area contributed by atoms with E-state index in [1.807, 2.05) is 44.6 Å². The Kier molecular flexibility index (Phi) is 3.90. The SMILES string of the molecule is CCOC(C)(C)CNc1nc(NC)cn2ccnc12. The number of rotatable bonds is 6. The zero-order chi connectivity index (χ0) is 13.9. The van der Waals surface area contributed by atoms with Crippen molar-refractivity contribution >= 4 is 17.3 Å². The van der Waals surface area contributed by atoms with E-state index in [1.165, 1.54) is 0 Å². The topological polar surface area (TPSA) is 63.5 Å². The highest BCUT2D eigenvalue weighted by atomic mass is 16.5. The highest BCUT2D eigenvalue weighted by molar-refractivity contribution is 5.65. The average molecular weight is 263 g/mol. The van der Waals surface area contributed by atoms with E-state index in [0.29, 0.717) is 13.2 Å². The van der Waals surface area contributed by atoms with E-state index in [1.54, 1.807) is 6.20 Å². The Morgan fingerprint density at radius 3 is 2.89 bits per heavy atom. The molecule has 0 unspecified atom stereocenters. The number of nitrogens with zero attached hydrogens (tertiary/aromatic N) is 3. The molecule has 2 heterocycles. The maximum atomic E-state index is 5.67. The molecular weight excluding hydrogens is 242 g/mol. The van der Waals surface area contributed by atoms with Crippen molar-refractivity contribution in [3.63, 3.8) is 0 Å². The monoisotopic (exact) mass is 263 g/mol. The lowest BCUT2D eigenvalue weighted by atomic mass is 10.1. The van der Waals surface area contributed by atoms with Crippen molar-refractivity contribution in [1.82, 2.24) is 14.4 Å². The molecule has 6 nitrogen and oxygen atoms in total. The van der Waals surface area contributed by atoms with Crippen molar-refractivity contribution in [2.75, 3.05) is 30.8 Å². The lowest BCUT2D eigenvalue weighted by Crippen LogP contribution is -2.33. The van der Waals surface area contributed by atoms with Crippen molar-refractivity contribution in [1.29, 1.82) is 0 Å². The summed E-state index contributed by atoms with van der Waals surface area (Å²) in [5, 5.41) is 6.35. The Labute approximate surface area is 113 Å². The van der Waals surface area contributed by atoms with E-state index >= 15 is 0 Å². The fraction of sp³-hybridized carbons (Fsp3) is 0.538. The molecule has 2 N–H and O–H groups in total. The van der Waals surface area contributed by atoms with Gasteiger partial charge in [-0.05, 0) is 20.8 Å². The maximum absolute atomic E-state index is 5.67. The van der Waals surface area contributed by atoms with Crippen LogP contribution in [0.3, 0.4) is 0 Å². The second kappa shape index (κ2) is 5.44. The van der Waals surface area contributed by atoms with Crippen LogP contribution in [0.5, 0.6) is 0 Å². The summed E-state index contributed by atoms with van der Waals surface area (Å²) in [4.78, 5) is 8.80. The Morgan fingerprint density at radius 1 is 1.42 bits per heavy atom. The van der Waals surface area contributed by atoms with E-state index in [9.17, 15) is 0 Å². The van der Waals surface area contributed by atoms with Gasteiger partial charge in [-0.3, -0.25) is 0 Å².